The van der Waals surface area contributed by atoms with Crippen molar-refractivity contribution in [3.05, 3.63) is 65.2 Å². The molecule has 1 atom stereocenters. The third-order valence-corrected chi connectivity index (χ3v) is 4.57. The molecule has 1 aliphatic rings. The zero-order chi connectivity index (χ0) is 18.4. The van der Waals surface area contributed by atoms with Crippen molar-refractivity contribution in [3.8, 4) is 5.75 Å². The quantitative estimate of drug-likeness (QED) is 0.777. The number of hydrogen-bond donors (Lipinski definition) is 1. The molecule has 0 saturated carbocycles. The predicted octanol–water partition coefficient (Wildman–Crippen LogP) is 3.09. The molecule has 1 N–H and O–H groups in total. The van der Waals surface area contributed by atoms with E-state index in [4.69, 9.17) is 9.47 Å². The molecule has 2 aromatic carbocycles. The molecule has 0 spiro atoms. The van der Waals surface area contributed by atoms with E-state index in [2.05, 4.69) is 11.4 Å². The van der Waals surface area contributed by atoms with Crippen LogP contribution in [-0.4, -0.2) is 32.0 Å². The molecule has 0 aliphatic carbocycles. The van der Waals surface area contributed by atoms with Crippen molar-refractivity contribution in [3.63, 3.8) is 0 Å². The first-order valence-electron chi connectivity index (χ1n) is 8.80. The van der Waals surface area contributed by atoms with Gasteiger partial charge in [0, 0.05) is 24.9 Å². The van der Waals surface area contributed by atoms with Gasteiger partial charge in [-0.15, -0.1) is 0 Å². The van der Waals surface area contributed by atoms with E-state index >= 15 is 0 Å². The maximum Gasteiger partial charge on any atom is 0.220 e. The lowest BCUT2D eigenvalue weighted by molar-refractivity contribution is -0.121. The topological polar surface area (TPSA) is 64.6 Å². The summed E-state index contributed by atoms with van der Waals surface area (Å²) in [6.07, 6.45) is 1.12. The Bertz CT molecular complexity index is 770. The van der Waals surface area contributed by atoms with Crippen molar-refractivity contribution < 1.29 is 19.1 Å². The number of methoxy groups -OCH3 is 1. The Morgan fingerprint density at radius 3 is 2.65 bits per heavy atom. The molecule has 0 bridgehead atoms. The molecule has 0 saturated heterocycles. The molecule has 1 heterocycles. The highest BCUT2D eigenvalue weighted by atomic mass is 16.5. The molecule has 1 aliphatic heterocycles. The predicted molar refractivity (Wildman–Crippen MR) is 98.4 cm³/mol. The van der Waals surface area contributed by atoms with Gasteiger partial charge < -0.3 is 14.8 Å². The van der Waals surface area contributed by atoms with Crippen molar-refractivity contribution in [1.29, 1.82) is 0 Å². The van der Waals surface area contributed by atoms with Crippen molar-refractivity contribution in [2.24, 2.45) is 0 Å². The van der Waals surface area contributed by atoms with Gasteiger partial charge in [0.15, 0.2) is 5.78 Å². The zero-order valence-corrected chi connectivity index (χ0v) is 14.9. The number of benzene rings is 2. The number of nitrogens with one attached hydrogen (secondary N) is 1. The van der Waals surface area contributed by atoms with Crippen LogP contribution in [0.1, 0.15) is 40.4 Å². The van der Waals surface area contributed by atoms with Crippen molar-refractivity contribution in [2.75, 3.05) is 20.3 Å². The van der Waals surface area contributed by atoms with E-state index in [0.29, 0.717) is 24.5 Å². The summed E-state index contributed by atoms with van der Waals surface area (Å²) in [5.41, 5.74) is 2.99. The van der Waals surface area contributed by atoms with E-state index in [9.17, 15) is 9.59 Å². The smallest absolute Gasteiger partial charge is 0.220 e. The van der Waals surface area contributed by atoms with Gasteiger partial charge in [0.05, 0.1) is 13.7 Å². The molecule has 136 valence electrons. The Labute approximate surface area is 153 Å². The average molecular weight is 353 g/mol. The average Bonchev–Trinajstić information content (AvgIpc) is 2.70. The number of Topliss-reactive ketones (excluding diaryl/α,β-unsaturated/α-hetero) is 1. The van der Waals surface area contributed by atoms with Crippen LogP contribution in [0, 0.1) is 0 Å². The summed E-state index contributed by atoms with van der Waals surface area (Å²) in [6.45, 7) is 1.08. The summed E-state index contributed by atoms with van der Waals surface area (Å²) in [5.74, 6) is 0.507. The summed E-state index contributed by atoms with van der Waals surface area (Å²) in [5, 5.41) is 2.88. The number of rotatable bonds is 7. The lowest BCUT2D eigenvalue weighted by Gasteiger charge is -2.26. The van der Waals surface area contributed by atoms with E-state index in [-0.39, 0.29) is 30.6 Å². The summed E-state index contributed by atoms with van der Waals surface area (Å²) in [4.78, 5) is 24.3. The highest BCUT2D eigenvalue weighted by Gasteiger charge is 2.21. The summed E-state index contributed by atoms with van der Waals surface area (Å²) in [6, 6.07) is 15.0. The van der Waals surface area contributed by atoms with Crippen LogP contribution in [0.15, 0.2) is 48.5 Å². The Hall–Kier alpha value is -2.66. The molecule has 0 radical (unpaired) electrons. The Kier molecular flexibility index (Phi) is 6.02. The van der Waals surface area contributed by atoms with Gasteiger partial charge in [-0.05, 0) is 41.8 Å². The molecule has 1 amide bonds. The molecule has 1 unspecified atom stereocenters. The van der Waals surface area contributed by atoms with Crippen LogP contribution in [0.2, 0.25) is 0 Å². The van der Waals surface area contributed by atoms with Crippen molar-refractivity contribution >= 4 is 11.7 Å². The van der Waals surface area contributed by atoms with Crippen molar-refractivity contribution in [2.45, 2.75) is 25.4 Å². The van der Waals surface area contributed by atoms with Gasteiger partial charge in [-0.3, -0.25) is 9.59 Å². The van der Waals surface area contributed by atoms with E-state index < -0.39 is 0 Å². The molecule has 3 rings (SSSR count). The van der Waals surface area contributed by atoms with Gasteiger partial charge in [0.2, 0.25) is 5.91 Å². The number of hydrogen-bond acceptors (Lipinski definition) is 4. The number of ether oxygens (including phenoxy) is 2. The SMILES string of the molecule is COc1ccc(C(=O)CCC(=O)NCC2OCCc3ccccc32)cc1. The lowest BCUT2D eigenvalue weighted by atomic mass is 9.97. The van der Waals surface area contributed by atoms with Gasteiger partial charge in [0.1, 0.15) is 11.9 Å². The minimum Gasteiger partial charge on any atom is -0.497 e. The highest BCUT2D eigenvalue weighted by molar-refractivity contribution is 5.98. The molecule has 2 aromatic rings. The minimum atomic E-state index is -0.140. The minimum absolute atomic E-state index is 0.0536. The summed E-state index contributed by atoms with van der Waals surface area (Å²) in [7, 11) is 1.58. The van der Waals surface area contributed by atoms with Crippen LogP contribution in [0.25, 0.3) is 0 Å². The Morgan fingerprint density at radius 1 is 1.12 bits per heavy atom. The fourth-order valence-corrected chi connectivity index (χ4v) is 3.09. The number of carbonyl (C=O) groups is 2. The van der Waals surface area contributed by atoms with Crippen molar-refractivity contribution in [1.82, 2.24) is 5.32 Å². The summed E-state index contributed by atoms with van der Waals surface area (Å²) >= 11 is 0. The maximum atomic E-state index is 12.2. The highest BCUT2D eigenvalue weighted by Crippen LogP contribution is 2.26. The number of amides is 1. The lowest BCUT2D eigenvalue weighted by Crippen LogP contribution is -2.32. The molecule has 5 heteroatoms. The largest absolute Gasteiger partial charge is 0.497 e. The van der Waals surface area contributed by atoms with Crippen LogP contribution < -0.4 is 10.1 Å². The fourth-order valence-electron chi connectivity index (χ4n) is 3.09. The third-order valence-electron chi connectivity index (χ3n) is 4.57. The second-order valence-corrected chi connectivity index (χ2v) is 6.26. The fraction of sp³-hybridized carbons (Fsp3) is 0.333. The number of ketones is 1. The first-order chi connectivity index (χ1) is 12.7. The van der Waals surface area contributed by atoms with Gasteiger partial charge in [-0.1, -0.05) is 24.3 Å². The van der Waals surface area contributed by atoms with E-state index in [1.54, 1.807) is 31.4 Å². The van der Waals surface area contributed by atoms with Gasteiger partial charge in [-0.2, -0.15) is 0 Å². The normalized spacial score (nSPS) is 15.8. The van der Waals surface area contributed by atoms with Crippen LogP contribution in [-0.2, 0) is 16.0 Å². The first-order valence-corrected chi connectivity index (χ1v) is 8.80. The third kappa shape index (κ3) is 4.49. The summed E-state index contributed by atoms with van der Waals surface area (Å²) < 4.78 is 10.9. The van der Waals surface area contributed by atoms with Gasteiger partial charge in [0.25, 0.3) is 0 Å². The standard InChI is InChI=1S/C21H23NO4/c1-25-17-8-6-16(7-9-17)19(23)10-11-21(24)22-14-20-18-5-3-2-4-15(18)12-13-26-20/h2-9,20H,10-14H2,1H3,(H,22,24). The monoisotopic (exact) mass is 353 g/mol. The second-order valence-electron chi connectivity index (χ2n) is 6.26. The maximum absolute atomic E-state index is 12.2. The van der Waals surface area contributed by atoms with E-state index in [1.165, 1.54) is 5.56 Å². The van der Waals surface area contributed by atoms with E-state index in [0.717, 1.165) is 12.0 Å². The molecule has 0 fully saturated rings. The van der Waals surface area contributed by atoms with Crippen LogP contribution in [0.3, 0.4) is 0 Å². The number of carbonyl (C=O) groups excluding carboxylic acids is 2. The Morgan fingerprint density at radius 2 is 1.88 bits per heavy atom. The first kappa shape index (κ1) is 18.1. The molecular weight excluding hydrogens is 330 g/mol. The molecular formula is C21H23NO4. The Balaban J connectivity index is 1.46. The van der Waals surface area contributed by atoms with Crippen LogP contribution in [0.4, 0.5) is 0 Å². The van der Waals surface area contributed by atoms with Gasteiger partial charge in [-0.25, -0.2) is 0 Å². The number of fused-ring (bicyclic) bond motifs is 1. The second kappa shape index (κ2) is 8.63. The van der Waals surface area contributed by atoms with E-state index in [1.807, 2.05) is 18.2 Å². The van der Waals surface area contributed by atoms with Gasteiger partial charge >= 0.3 is 0 Å². The molecule has 5 nitrogen and oxygen atoms in total. The molecule has 0 aromatic heterocycles. The van der Waals surface area contributed by atoms with Crippen LogP contribution in [0.5, 0.6) is 5.75 Å². The van der Waals surface area contributed by atoms with Crippen LogP contribution >= 0.6 is 0 Å². The zero-order valence-electron chi connectivity index (χ0n) is 14.9. The molecule has 26 heavy (non-hydrogen) atoms.